The summed E-state index contributed by atoms with van der Waals surface area (Å²) in [6, 6.07) is 6.39. The number of benzene rings is 1. The lowest BCUT2D eigenvalue weighted by molar-refractivity contribution is 0.0994. The molecule has 3 heteroatoms. The maximum Gasteiger partial charge on any atom is 0.123 e. The smallest absolute Gasteiger partial charge is 0.123 e. The highest BCUT2D eigenvalue weighted by molar-refractivity contribution is 5.84. The SMILES string of the molecule is CCCCN1CCC(Oc2cc3ccncc3cc2C)CC1. The van der Waals surface area contributed by atoms with Gasteiger partial charge >= 0.3 is 0 Å². The van der Waals surface area contributed by atoms with Crippen molar-refractivity contribution in [2.45, 2.75) is 45.6 Å². The van der Waals surface area contributed by atoms with Crippen LogP contribution in [0.1, 0.15) is 38.2 Å². The van der Waals surface area contributed by atoms with Gasteiger partial charge in [-0.15, -0.1) is 0 Å². The van der Waals surface area contributed by atoms with E-state index in [1.165, 1.54) is 48.8 Å². The van der Waals surface area contributed by atoms with Gasteiger partial charge in [0.25, 0.3) is 0 Å². The molecule has 1 aromatic heterocycles. The van der Waals surface area contributed by atoms with Crippen LogP contribution in [0.25, 0.3) is 10.8 Å². The Balaban J connectivity index is 1.63. The van der Waals surface area contributed by atoms with Gasteiger partial charge in [0.05, 0.1) is 0 Å². The molecule has 0 spiro atoms. The van der Waals surface area contributed by atoms with Gasteiger partial charge in [-0.05, 0) is 61.9 Å². The van der Waals surface area contributed by atoms with E-state index in [1.54, 1.807) is 0 Å². The summed E-state index contributed by atoms with van der Waals surface area (Å²) in [5, 5.41) is 2.39. The van der Waals surface area contributed by atoms with Crippen LogP contribution in [0.4, 0.5) is 0 Å². The molecule has 0 bridgehead atoms. The third-order valence-corrected chi connectivity index (χ3v) is 4.59. The summed E-state index contributed by atoms with van der Waals surface area (Å²) >= 11 is 0. The van der Waals surface area contributed by atoms with Gasteiger partial charge in [-0.1, -0.05) is 13.3 Å². The number of piperidine rings is 1. The van der Waals surface area contributed by atoms with Gasteiger partial charge in [0.15, 0.2) is 0 Å². The molecule has 1 saturated heterocycles. The van der Waals surface area contributed by atoms with Crippen molar-refractivity contribution in [1.29, 1.82) is 0 Å². The van der Waals surface area contributed by atoms with Gasteiger partial charge in [0, 0.05) is 30.9 Å². The van der Waals surface area contributed by atoms with Crippen molar-refractivity contribution in [3.8, 4) is 5.75 Å². The van der Waals surface area contributed by atoms with Crippen molar-refractivity contribution < 1.29 is 4.74 Å². The molecule has 2 heterocycles. The third kappa shape index (κ3) is 3.58. The van der Waals surface area contributed by atoms with Crippen LogP contribution in [0.15, 0.2) is 30.6 Å². The van der Waals surface area contributed by atoms with Gasteiger partial charge in [-0.3, -0.25) is 4.98 Å². The number of ether oxygens (including phenoxy) is 1. The number of unbranched alkanes of at least 4 members (excludes halogenated alkanes) is 1. The fourth-order valence-corrected chi connectivity index (χ4v) is 3.17. The van der Waals surface area contributed by atoms with Crippen molar-refractivity contribution in [1.82, 2.24) is 9.88 Å². The van der Waals surface area contributed by atoms with Crippen LogP contribution in [-0.2, 0) is 0 Å². The highest BCUT2D eigenvalue weighted by atomic mass is 16.5. The number of hydrogen-bond donors (Lipinski definition) is 0. The average molecular weight is 298 g/mol. The standard InChI is InChI=1S/C19H26N2O/c1-3-4-9-21-10-6-18(7-11-21)22-19-13-16-5-8-20-14-17(16)12-15(19)2/h5,8,12-14,18H,3-4,6-7,9-11H2,1-2H3. The Labute approximate surface area is 133 Å². The fourth-order valence-electron chi connectivity index (χ4n) is 3.17. The third-order valence-electron chi connectivity index (χ3n) is 4.59. The summed E-state index contributed by atoms with van der Waals surface area (Å²) in [5.41, 5.74) is 1.20. The second kappa shape index (κ2) is 7.10. The number of fused-ring (bicyclic) bond motifs is 1. The average Bonchev–Trinajstić information content (AvgIpc) is 2.55. The first-order valence-electron chi connectivity index (χ1n) is 8.49. The number of aromatic nitrogens is 1. The topological polar surface area (TPSA) is 25.4 Å². The minimum Gasteiger partial charge on any atom is -0.490 e. The molecule has 118 valence electrons. The van der Waals surface area contributed by atoms with Crippen molar-refractivity contribution >= 4 is 10.8 Å². The van der Waals surface area contributed by atoms with Crippen LogP contribution in [0.3, 0.4) is 0 Å². The highest BCUT2D eigenvalue weighted by Gasteiger charge is 2.20. The molecule has 3 nitrogen and oxygen atoms in total. The number of hydrogen-bond acceptors (Lipinski definition) is 3. The van der Waals surface area contributed by atoms with Crippen LogP contribution < -0.4 is 4.74 Å². The van der Waals surface area contributed by atoms with E-state index in [0.29, 0.717) is 6.10 Å². The first-order chi connectivity index (χ1) is 10.8. The van der Waals surface area contributed by atoms with E-state index in [4.69, 9.17) is 4.74 Å². The normalized spacial score (nSPS) is 17.0. The van der Waals surface area contributed by atoms with Crippen LogP contribution in [0.5, 0.6) is 5.75 Å². The first-order valence-corrected chi connectivity index (χ1v) is 8.49. The lowest BCUT2D eigenvalue weighted by Gasteiger charge is -2.32. The van der Waals surface area contributed by atoms with Crippen LogP contribution in [0, 0.1) is 6.92 Å². The number of pyridine rings is 1. The van der Waals surface area contributed by atoms with E-state index in [1.807, 2.05) is 12.4 Å². The quantitative estimate of drug-likeness (QED) is 0.827. The van der Waals surface area contributed by atoms with E-state index in [-0.39, 0.29) is 0 Å². The first kappa shape index (κ1) is 15.3. The van der Waals surface area contributed by atoms with E-state index >= 15 is 0 Å². The summed E-state index contributed by atoms with van der Waals surface area (Å²) in [6.45, 7) is 7.96. The molecule has 1 fully saturated rings. The van der Waals surface area contributed by atoms with Crippen molar-refractivity contribution in [2.75, 3.05) is 19.6 Å². The Morgan fingerprint density at radius 2 is 2.05 bits per heavy atom. The molecule has 0 aliphatic carbocycles. The van der Waals surface area contributed by atoms with Crippen molar-refractivity contribution in [3.05, 3.63) is 36.2 Å². The summed E-state index contributed by atoms with van der Waals surface area (Å²) in [5.74, 6) is 1.03. The predicted octanol–water partition coefficient (Wildman–Crippen LogP) is 4.19. The second-order valence-corrected chi connectivity index (χ2v) is 6.35. The molecule has 1 aromatic carbocycles. The monoisotopic (exact) mass is 298 g/mol. The van der Waals surface area contributed by atoms with Gasteiger partial charge in [0.1, 0.15) is 11.9 Å². The molecule has 0 saturated carbocycles. The van der Waals surface area contributed by atoms with Gasteiger partial charge in [0.2, 0.25) is 0 Å². The van der Waals surface area contributed by atoms with Gasteiger partial charge in [-0.2, -0.15) is 0 Å². The zero-order valence-electron chi connectivity index (χ0n) is 13.7. The molecule has 0 radical (unpaired) electrons. The largest absolute Gasteiger partial charge is 0.490 e. The Morgan fingerprint density at radius 1 is 1.23 bits per heavy atom. The van der Waals surface area contributed by atoms with Crippen LogP contribution in [0.2, 0.25) is 0 Å². The number of nitrogens with zero attached hydrogens (tertiary/aromatic N) is 2. The molecule has 0 unspecified atom stereocenters. The molecule has 0 N–H and O–H groups in total. The minimum atomic E-state index is 0.357. The van der Waals surface area contributed by atoms with Gasteiger partial charge in [-0.25, -0.2) is 0 Å². The van der Waals surface area contributed by atoms with Crippen molar-refractivity contribution in [2.24, 2.45) is 0 Å². The van der Waals surface area contributed by atoms with E-state index in [0.717, 1.165) is 18.6 Å². The van der Waals surface area contributed by atoms with Gasteiger partial charge < -0.3 is 9.64 Å². The molecule has 1 aliphatic heterocycles. The highest BCUT2D eigenvalue weighted by Crippen LogP contribution is 2.27. The predicted molar refractivity (Wildman–Crippen MR) is 91.5 cm³/mol. The lowest BCUT2D eigenvalue weighted by atomic mass is 10.1. The summed E-state index contributed by atoms with van der Waals surface area (Å²) < 4.78 is 6.30. The maximum absolute atomic E-state index is 6.30. The van der Waals surface area contributed by atoms with Crippen LogP contribution >= 0.6 is 0 Å². The number of rotatable bonds is 5. The molecule has 3 rings (SSSR count). The number of aryl methyl sites for hydroxylation is 1. The Morgan fingerprint density at radius 3 is 2.82 bits per heavy atom. The maximum atomic E-state index is 6.30. The van der Waals surface area contributed by atoms with E-state index in [2.05, 4.69) is 41.9 Å². The summed E-state index contributed by atoms with van der Waals surface area (Å²) in [6.07, 6.45) is 8.97. The molecule has 0 atom stereocenters. The molecule has 0 amide bonds. The summed E-state index contributed by atoms with van der Waals surface area (Å²) in [7, 11) is 0. The zero-order valence-corrected chi connectivity index (χ0v) is 13.7. The van der Waals surface area contributed by atoms with Crippen LogP contribution in [-0.4, -0.2) is 35.6 Å². The second-order valence-electron chi connectivity index (χ2n) is 6.35. The summed E-state index contributed by atoms with van der Waals surface area (Å²) in [4.78, 5) is 6.76. The Bertz CT molecular complexity index is 618. The van der Waals surface area contributed by atoms with Crippen molar-refractivity contribution in [3.63, 3.8) is 0 Å². The molecular formula is C19H26N2O. The zero-order chi connectivity index (χ0) is 15.4. The number of likely N-dealkylation sites (tertiary alicyclic amines) is 1. The molecule has 22 heavy (non-hydrogen) atoms. The van der Waals surface area contributed by atoms with E-state index < -0.39 is 0 Å². The fraction of sp³-hybridized carbons (Fsp3) is 0.526. The Hall–Kier alpha value is -1.61. The molecule has 2 aromatic rings. The van der Waals surface area contributed by atoms with E-state index in [9.17, 15) is 0 Å². The molecule has 1 aliphatic rings. The molecular weight excluding hydrogens is 272 g/mol. The lowest BCUT2D eigenvalue weighted by Crippen LogP contribution is -2.38. The Kier molecular flexibility index (Phi) is 4.94. The minimum absolute atomic E-state index is 0.357.